The maximum absolute atomic E-state index is 10.1. The van der Waals surface area contributed by atoms with E-state index in [1.165, 1.54) is 0 Å². The Kier molecular flexibility index (Phi) is 0.751. The van der Waals surface area contributed by atoms with Crippen molar-refractivity contribution in [2.45, 2.75) is 0 Å². The summed E-state index contributed by atoms with van der Waals surface area (Å²) in [4.78, 5) is 0. The zero-order valence-corrected chi connectivity index (χ0v) is 4.14. The molecule has 1 rings (SSSR count). The van der Waals surface area contributed by atoms with E-state index in [9.17, 15) is 8.42 Å². The second kappa shape index (κ2) is 1.16. The lowest BCUT2D eigenvalue weighted by atomic mass is 10.7. The van der Waals surface area contributed by atoms with Gasteiger partial charge in [-0.15, -0.1) is 0 Å². The zero-order chi connectivity index (χ0) is 5.33. The summed E-state index contributed by atoms with van der Waals surface area (Å²) in [6, 6.07) is 0. The second-order valence-corrected chi connectivity index (χ2v) is 2.51. The Bertz CT molecular complexity index is 193. The smallest absolute Gasteiger partial charge is 0.200 e. The Morgan fingerprint density at radius 2 is 2.29 bits per heavy atom. The minimum Gasteiger partial charge on any atom is -0.200 e. The first-order valence-corrected chi connectivity index (χ1v) is 3.09. The lowest BCUT2D eigenvalue weighted by molar-refractivity contribution is 0.607. The summed E-state index contributed by atoms with van der Waals surface area (Å²) in [6.45, 7) is 0. The van der Waals surface area contributed by atoms with Crippen LogP contribution in [0.3, 0.4) is 0 Å². The highest BCUT2D eigenvalue weighted by molar-refractivity contribution is 7.93. The van der Waals surface area contributed by atoms with Gasteiger partial charge in [-0.05, 0) is 0 Å². The van der Waals surface area contributed by atoms with Gasteiger partial charge in [-0.3, -0.25) is 0 Å². The largest absolute Gasteiger partial charge is 0.276 e. The van der Waals surface area contributed by atoms with Gasteiger partial charge in [0.2, 0.25) is 0 Å². The number of rotatable bonds is 0. The number of hydrogen-bond acceptors (Lipinski definition) is 2. The lowest BCUT2D eigenvalue weighted by Gasteiger charge is -1.73. The Morgan fingerprint density at radius 1 is 1.57 bits per heavy atom. The first-order valence-electron chi connectivity index (χ1n) is 1.59. The molecule has 3 nitrogen and oxygen atoms in total. The fourth-order valence-corrected chi connectivity index (χ4v) is 0.752. The van der Waals surface area contributed by atoms with Gasteiger partial charge in [0.25, 0.3) is 10.0 Å². The Morgan fingerprint density at radius 3 is 2.43 bits per heavy atom. The molecular formula is C3H2NO2S. The SMILES string of the molecule is O=S1(=O)C=[C]C=N1. The summed E-state index contributed by atoms with van der Waals surface area (Å²) >= 11 is 0. The second-order valence-electron chi connectivity index (χ2n) is 1.03. The molecule has 1 radical (unpaired) electrons. The van der Waals surface area contributed by atoms with E-state index in [2.05, 4.69) is 10.5 Å². The molecule has 0 aromatic heterocycles. The first kappa shape index (κ1) is 4.52. The Balaban J connectivity index is 3.25. The van der Waals surface area contributed by atoms with Crippen LogP contribution < -0.4 is 0 Å². The third-order valence-electron chi connectivity index (χ3n) is 0.491. The molecule has 37 valence electrons. The quantitative estimate of drug-likeness (QED) is 0.437. The minimum absolute atomic E-state index is 0.924. The molecule has 0 N–H and O–H groups in total. The molecule has 1 aliphatic rings. The average molecular weight is 116 g/mol. The molecule has 0 aromatic rings. The standard InChI is InChI=1S/C3H2NO2S/c5-7(6)3-1-2-4-7/h2-3H. The van der Waals surface area contributed by atoms with E-state index in [1.807, 2.05) is 0 Å². The highest BCUT2D eigenvalue weighted by Crippen LogP contribution is 1.96. The third kappa shape index (κ3) is 0.866. The molecule has 1 aliphatic heterocycles. The van der Waals surface area contributed by atoms with Crippen LogP contribution in [0.1, 0.15) is 0 Å². The van der Waals surface area contributed by atoms with Crippen LogP contribution in [0.5, 0.6) is 0 Å². The molecule has 7 heavy (non-hydrogen) atoms. The highest BCUT2D eigenvalue weighted by atomic mass is 32.2. The van der Waals surface area contributed by atoms with Crippen molar-refractivity contribution in [1.29, 1.82) is 0 Å². The normalized spacial score (nSPS) is 23.4. The number of nitrogens with zero attached hydrogens (tertiary/aromatic N) is 1. The average Bonchev–Trinajstić information content (AvgIpc) is 1.84. The number of hydrogen-bond donors (Lipinski definition) is 0. The Hall–Kier alpha value is -0.640. The van der Waals surface area contributed by atoms with Crippen LogP contribution in [-0.4, -0.2) is 14.6 Å². The maximum atomic E-state index is 10.1. The predicted octanol–water partition coefficient (Wildman–Crippen LogP) is -0.283. The van der Waals surface area contributed by atoms with Gasteiger partial charge in [0, 0.05) is 12.3 Å². The van der Waals surface area contributed by atoms with E-state index in [1.54, 1.807) is 0 Å². The fraction of sp³-hybridized carbons (Fsp3) is 0. The van der Waals surface area contributed by atoms with Crippen LogP contribution in [0.25, 0.3) is 0 Å². The number of sulfonamides is 1. The van der Waals surface area contributed by atoms with Gasteiger partial charge in [0.05, 0.1) is 5.41 Å². The van der Waals surface area contributed by atoms with E-state index < -0.39 is 10.0 Å². The van der Waals surface area contributed by atoms with Gasteiger partial charge >= 0.3 is 0 Å². The summed E-state index contributed by atoms with van der Waals surface area (Å²) in [5, 5.41) is 0.924. The zero-order valence-electron chi connectivity index (χ0n) is 3.33. The molecule has 0 fully saturated rings. The van der Waals surface area contributed by atoms with E-state index in [-0.39, 0.29) is 0 Å². The van der Waals surface area contributed by atoms with Crippen molar-refractivity contribution >= 4 is 16.2 Å². The van der Waals surface area contributed by atoms with Gasteiger partial charge < -0.3 is 0 Å². The summed E-state index contributed by atoms with van der Waals surface area (Å²) in [5.41, 5.74) is 0. The Labute approximate surface area is 41.4 Å². The van der Waals surface area contributed by atoms with Crippen molar-refractivity contribution in [3.05, 3.63) is 11.5 Å². The van der Waals surface area contributed by atoms with Crippen LogP contribution in [0, 0.1) is 6.08 Å². The van der Waals surface area contributed by atoms with Gasteiger partial charge in [-0.25, -0.2) is 0 Å². The summed E-state index contributed by atoms with van der Waals surface area (Å²) in [6.07, 6.45) is 3.43. The van der Waals surface area contributed by atoms with Gasteiger partial charge in [-0.1, -0.05) is 0 Å². The topological polar surface area (TPSA) is 46.5 Å². The van der Waals surface area contributed by atoms with Crippen molar-refractivity contribution in [3.8, 4) is 0 Å². The summed E-state index contributed by atoms with van der Waals surface area (Å²) in [5.74, 6) is 0. The van der Waals surface area contributed by atoms with Gasteiger partial charge in [0.15, 0.2) is 0 Å². The summed E-state index contributed by atoms with van der Waals surface area (Å²) in [7, 11) is -3.21. The first-order chi connectivity index (χ1) is 3.21. The number of allylic oxidation sites excluding steroid dienone is 1. The van der Waals surface area contributed by atoms with Gasteiger partial charge in [0.1, 0.15) is 0 Å². The van der Waals surface area contributed by atoms with E-state index in [0.717, 1.165) is 11.6 Å². The molecular weight excluding hydrogens is 114 g/mol. The minimum atomic E-state index is -3.21. The highest BCUT2D eigenvalue weighted by Gasteiger charge is 2.02. The van der Waals surface area contributed by atoms with Crippen molar-refractivity contribution in [3.63, 3.8) is 0 Å². The monoisotopic (exact) mass is 116 g/mol. The molecule has 4 heteroatoms. The fourth-order valence-electron chi connectivity index (χ4n) is 0.251. The predicted molar refractivity (Wildman–Crippen MR) is 25.2 cm³/mol. The molecule has 0 aromatic carbocycles. The molecule has 0 aliphatic carbocycles. The lowest BCUT2D eigenvalue weighted by Crippen LogP contribution is -1.80. The van der Waals surface area contributed by atoms with E-state index >= 15 is 0 Å². The molecule has 0 unspecified atom stereocenters. The van der Waals surface area contributed by atoms with E-state index in [0.29, 0.717) is 0 Å². The van der Waals surface area contributed by atoms with Crippen molar-refractivity contribution in [2.24, 2.45) is 4.40 Å². The van der Waals surface area contributed by atoms with Crippen LogP contribution in [0.2, 0.25) is 0 Å². The van der Waals surface area contributed by atoms with Crippen molar-refractivity contribution < 1.29 is 8.42 Å². The molecule has 1 heterocycles. The van der Waals surface area contributed by atoms with Crippen LogP contribution >= 0.6 is 0 Å². The molecule has 0 atom stereocenters. The van der Waals surface area contributed by atoms with Gasteiger partial charge in [-0.2, -0.15) is 12.8 Å². The van der Waals surface area contributed by atoms with Crippen molar-refractivity contribution in [1.82, 2.24) is 0 Å². The van der Waals surface area contributed by atoms with Crippen LogP contribution in [0.15, 0.2) is 9.81 Å². The molecule has 0 spiro atoms. The molecule has 0 amide bonds. The third-order valence-corrected chi connectivity index (χ3v) is 1.32. The molecule has 0 bridgehead atoms. The van der Waals surface area contributed by atoms with Crippen molar-refractivity contribution in [2.75, 3.05) is 0 Å². The summed E-state index contributed by atoms with van der Waals surface area (Å²) < 4.78 is 23.3. The van der Waals surface area contributed by atoms with Crippen LogP contribution in [0.4, 0.5) is 0 Å². The van der Waals surface area contributed by atoms with Crippen LogP contribution in [-0.2, 0) is 10.0 Å². The van der Waals surface area contributed by atoms with E-state index in [4.69, 9.17) is 0 Å². The maximum Gasteiger partial charge on any atom is 0.276 e. The molecule has 0 saturated heterocycles. The molecule has 0 saturated carbocycles.